The van der Waals surface area contributed by atoms with Crippen molar-refractivity contribution in [3.63, 3.8) is 0 Å². The highest BCUT2D eigenvalue weighted by molar-refractivity contribution is 7.89. The lowest BCUT2D eigenvalue weighted by atomic mass is 10.1. The third-order valence-electron chi connectivity index (χ3n) is 5.63. The predicted molar refractivity (Wildman–Crippen MR) is 126 cm³/mol. The van der Waals surface area contributed by atoms with Crippen LogP contribution in [0.1, 0.15) is 11.1 Å². The third-order valence-corrected chi connectivity index (χ3v) is 7.55. The molecule has 0 unspecified atom stereocenters. The molecule has 174 valence electrons. The second-order valence-corrected chi connectivity index (χ2v) is 10.7. The van der Waals surface area contributed by atoms with Crippen LogP contribution in [0, 0.1) is 13.8 Å². The van der Waals surface area contributed by atoms with E-state index >= 15 is 0 Å². The van der Waals surface area contributed by atoms with Crippen molar-refractivity contribution in [3.05, 3.63) is 59.7 Å². The first-order valence-corrected chi connectivity index (χ1v) is 12.8. The van der Waals surface area contributed by atoms with Crippen LogP contribution in [0.3, 0.4) is 0 Å². The van der Waals surface area contributed by atoms with E-state index < -0.39 is 30.0 Å². The molecule has 0 spiro atoms. The molecule has 0 saturated heterocycles. The standard InChI is InChI=1S/C22H18N4O6S2/c1-11-7-15-16(8-12(11)2)24-21(23-15)13-3-5-14(6-4-13)22-25-17-9-19(33(27,28)29)20(34(30,31)32)10-18(17)26-22/h3-10H,1-2H3,(H,23,24)(H,25,26)(H,27,28,29)(H,30,31,32). The van der Waals surface area contributed by atoms with Crippen molar-refractivity contribution < 1.29 is 25.9 Å². The Kier molecular flexibility index (Phi) is 4.88. The number of hydrogen-bond donors (Lipinski definition) is 4. The lowest BCUT2D eigenvalue weighted by Gasteiger charge is -2.03. The van der Waals surface area contributed by atoms with Crippen molar-refractivity contribution >= 4 is 42.3 Å². The average Bonchev–Trinajstić information content (AvgIpc) is 3.35. The van der Waals surface area contributed by atoms with E-state index in [4.69, 9.17) is 0 Å². The van der Waals surface area contributed by atoms with E-state index in [1.165, 1.54) is 0 Å². The number of hydrogen-bond acceptors (Lipinski definition) is 6. The summed E-state index contributed by atoms with van der Waals surface area (Å²) in [6.45, 7) is 4.07. The van der Waals surface area contributed by atoms with Crippen LogP contribution in [0.15, 0.2) is 58.3 Å². The molecule has 5 aromatic rings. The van der Waals surface area contributed by atoms with Crippen molar-refractivity contribution in [2.24, 2.45) is 0 Å². The molecule has 0 saturated carbocycles. The average molecular weight is 499 g/mol. The van der Waals surface area contributed by atoms with Crippen molar-refractivity contribution in [3.8, 4) is 22.8 Å². The molecule has 0 amide bonds. The van der Waals surface area contributed by atoms with Crippen LogP contribution in [-0.4, -0.2) is 45.9 Å². The van der Waals surface area contributed by atoms with Crippen molar-refractivity contribution in [1.82, 2.24) is 19.9 Å². The van der Waals surface area contributed by atoms with E-state index in [1.807, 2.05) is 38.1 Å². The first-order valence-electron chi connectivity index (χ1n) is 9.97. The highest BCUT2D eigenvalue weighted by atomic mass is 32.2. The molecular weight excluding hydrogens is 480 g/mol. The number of aromatic amines is 2. The zero-order chi connectivity index (χ0) is 24.4. The monoisotopic (exact) mass is 498 g/mol. The van der Waals surface area contributed by atoms with E-state index in [0.717, 1.165) is 39.9 Å². The summed E-state index contributed by atoms with van der Waals surface area (Å²) in [5.41, 5.74) is 5.87. The topological polar surface area (TPSA) is 166 Å². The maximum Gasteiger partial charge on any atom is 0.295 e. The van der Waals surface area contributed by atoms with Crippen LogP contribution in [0.25, 0.3) is 44.8 Å². The molecule has 2 heterocycles. The lowest BCUT2D eigenvalue weighted by Crippen LogP contribution is -2.08. The van der Waals surface area contributed by atoms with Gasteiger partial charge >= 0.3 is 0 Å². The number of nitrogens with one attached hydrogen (secondary N) is 2. The number of imidazole rings is 2. The highest BCUT2D eigenvalue weighted by Crippen LogP contribution is 2.30. The Morgan fingerprint density at radius 1 is 0.647 bits per heavy atom. The van der Waals surface area contributed by atoms with Gasteiger partial charge in [0.1, 0.15) is 21.4 Å². The Hall–Kier alpha value is -3.58. The number of nitrogens with zero attached hydrogens (tertiary/aromatic N) is 2. The minimum absolute atomic E-state index is 0.0992. The van der Waals surface area contributed by atoms with Crippen LogP contribution in [0.2, 0.25) is 0 Å². The minimum atomic E-state index is -4.92. The molecular formula is C22H18N4O6S2. The fourth-order valence-electron chi connectivity index (χ4n) is 3.75. The zero-order valence-corrected chi connectivity index (χ0v) is 19.5. The lowest BCUT2D eigenvalue weighted by molar-refractivity contribution is 0.467. The van der Waals surface area contributed by atoms with Gasteiger partial charge in [0.2, 0.25) is 0 Å². The van der Waals surface area contributed by atoms with Crippen LogP contribution in [-0.2, 0) is 20.2 Å². The van der Waals surface area contributed by atoms with Crippen LogP contribution < -0.4 is 0 Å². The summed E-state index contributed by atoms with van der Waals surface area (Å²) in [5.74, 6) is 1.04. The van der Waals surface area contributed by atoms with Crippen LogP contribution in [0.4, 0.5) is 0 Å². The van der Waals surface area contributed by atoms with Gasteiger partial charge in [-0.2, -0.15) is 16.8 Å². The van der Waals surface area contributed by atoms with Gasteiger partial charge in [0.15, 0.2) is 0 Å². The number of fused-ring (bicyclic) bond motifs is 2. The first kappa shape index (κ1) is 22.2. The maximum absolute atomic E-state index is 11.6. The fraction of sp³-hybridized carbons (Fsp3) is 0.0909. The second-order valence-electron chi connectivity index (χ2n) is 7.97. The predicted octanol–water partition coefficient (Wildman–Crippen LogP) is 3.88. The number of rotatable bonds is 4. The minimum Gasteiger partial charge on any atom is -0.338 e. The number of aryl methyl sites for hydroxylation is 2. The largest absolute Gasteiger partial charge is 0.338 e. The van der Waals surface area contributed by atoms with Gasteiger partial charge in [0, 0.05) is 11.1 Å². The maximum atomic E-state index is 11.6. The summed E-state index contributed by atoms with van der Waals surface area (Å²) in [6.07, 6.45) is 0. The van der Waals surface area contributed by atoms with E-state index in [2.05, 4.69) is 19.9 Å². The molecule has 0 radical (unpaired) electrons. The summed E-state index contributed by atoms with van der Waals surface area (Å²) < 4.78 is 65.3. The molecule has 0 fully saturated rings. The van der Waals surface area contributed by atoms with Crippen molar-refractivity contribution in [1.29, 1.82) is 0 Å². The van der Waals surface area contributed by atoms with Gasteiger partial charge < -0.3 is 9.97 Å². The summed E-state index contributed by atoms with van der Waals surface area (Å²) in [7, 11) is -9.83. The Morgan fingerprint density at radius 2 is 1.06 bits per heavy atom. The van der Waals surface area contributed by atoms with E-state index in [-0.39, 0.29) is 11.0 Å². The normalized spacial score (nSPS) is 12.6. The summed E-state index contributed by atoms with van der Waals surface area (Å²) in [6, 6.07) is 13.1. The zero-order valence-electron chi connectivity index (χ0n) is 17.9. The fourth-order valence-corrected chi connectivity index (χ4v) is 5.54. The van der Waals surface area contributed by atoms with Gasteiger partial charge in [-0.15, -0.1) is 0 Å². The summed E-state index contributed by atoms with van der Waals surface area (Å²) in [5, 5.41) is 0. The van der Waals surface area contributed by atoms with E-state index in [0.29, 0.717) is 17.2 Å². The Bertz CT molecular complexity index is 1710. The van der Waals surface area contributed by atoms with Gasteiger partial charge in [-0.3, -0.25) is 9.11 Å². The molecule has 10 nitrogen and oxygen atoms in total. The number of benzene rings is 3. The number of aromatic nitrogens is 4. The van der Waals surface area contributed by atoms with Gasteiger partial charge in [-0.1, -0.05) is 24.3 Å². The van der Waals surface area contributed by atoms with E-state index in [1.54, 1.807) is 12.1 Å². The SMILES string of the molecule is Cc1cc2nc(-c3ccc(-c4nc5cc(S(=O)(=O)O)c(S(=O)(=O)O)cc5[nH]4)cc3)[nH]c2cc1C. The Morgan fingerprint density at radius 3 is 1.56 bits per heavy atom. The van der Waals surface area contributed by atoms with Crippen LogP contribution in [0.5, 0.6) is 0 Å². The third kappa shape index (κ3) is 3.86. The second kappa shape index (κ2) is 7.46. The molecule has 2 aromatic heterocycles. The Labute approximate surface area is 194 Å². The molecule has 3 aromatic carbocycles. The molecule has 34 heavy (non-hydrogen) atoms. The van der Waals surface area contributed by atoms with Gasteiger partial charge in [-0.05, 0) is 49.2 Å². The van der Waals surface area contributed by atoms with Gasteiger partial charge in [0.25, 0.3) is 20.2 Å². The Balaban J connectivity index is 1.56. The molecule has 0 bridgehead atoms. The summed E-state index contributed by atoms with van der Waals surface area (Å²) in [4.78, 5) is 13.3. The molecule has 4 N–H and O–H groups in total. The number of H-pyrrole nitrogens is 2. The van der Waals surface area contributed by atoms with Gasteiger partial charge in [0.05, 0.1) is 22.1 Å². The smallest absolute Gasteiger partial charge is 0.295 e. The molecule has 0 aliphatic rings. The molecule has 0 aliphatic heterocycles. The van der Waals surface area contributed by atoms with Crippen LogP contribution >= 0.6 is 0 Å². The van der Waals surface area contributed by atoms with E-state index in [9.17, 15) is 25.9 Å². The first-order chi connectivity index (χ1) is 15.9. The van der Waals surface area contributed by atoms with Crippen molar-refractivity contribution in [2.45, 2.75) is 23.6 Å². The van der Waals surface area contributed by atoms with Gasteiger partial charge in [-0.25, -0.2) is 9.97 Å². The molecule has 5 rings (SSSR count). The van der Waals surface area contributed by atoms with Crippen molar-refractivity contribution in [2.75, 3.05) is 0 Å². The summed E-state index contributed by atoms with van der Waals surface area (Å²) >= 11 is 0. The molecule has 12 heteroatoms. The molecule has 0 aliphatic carbocycles. The highest BCUT2D eigenvalue weighted by Gasteiger charge is 2.26. The molecule has 0 atom stereocenters. The quantitative estimate of drug-likeness (QED) is 0.271.